The maximum atomic E-state index is 11.6. The van der Waals surface area contributed by atoms with Crippen molar-refractivity contribution in [2.75, 3.05) is 0 Å². The van der Waals surface area contributed by atoms with Gasteiger partial charge in [0.05, 0.1) is 4.92 Å². The molecule has 0 amide bonds. The number of aryl methyl sites for hydroxylation is 1. The second-order valence-corrected chi connectivity index (χ2v) is 6.69. The van der Waals surface area contributed by atoms with Gasteiger partial charge in [0.1, 0.15) is 11.5 Å². The molecule has 2 rings (SSSR count). The first-order valence-electron chi connectivity index (χ1n) is 6.30. The van der Waals surface area contributed by atoms with Gasteiger partial charge in [0.25, 0.3) is 5.30 Å². The maximum absolute atomic E-state index is 11.6. The predicted octanol–water partition coefficient (Wildman–Crippen LogP) is 5.21. The quantitative estimate of drug-likeness (QED) is 0.418. The SMILES string of the molecule is CCc1cc([N+](=O)[O-])c([P+](=O)Cl)cc1Oc1ccc(Cl)cc1. The third kappa shape index (κ3) is 3.74. The Hall–Kier alpha value is -1.68. The molecule has 0 radical (unpaired) electrons. The highest BCUT2D eigenvalue weighted by Gasteiger charge is 2.32. The summed E-state index contributed by atoms with van der Waals surface area (Å²) >= 11 is 11.4. The molecule has 8 heteroatoms. The third-order valence-electron chi connectivity index (χ3n) is 2.97. The topological polar surface area (TPSA) is 69.4 Å². The summed E-state index contributed by atoms with van der Waals surface area (Å²) in [4.78, 5) is 10.5. The Balaban J connectivity index is 2.50. The second-order valence-electron chi connectivity index (χ2n) is 4.36. The molecule has 0 heterocycles. The van der Waals surface area contributed by atoms with Crippen molar-refractivity contribution in [3.05, 3.63) is 57.1 Å². The number of rotatable bonds is 5. The third-order valence-corrected chi connectivity index (χ3v) is 4.50. The Morgan fingerprint density at radius 2 is 1.91 bits per heavy atom. The van der Waals surface area contributed by atoms with Crippen molar-refractivity contribution >= 4 is 41.0 Å². The average molecular weight is 359 g/mol. The maximum Gasteiger partial charge on any atom is 0.501 e. The van der Waals surface area contributed by atoms with Crippen LogP contribution in [0.15, 0.2) is 36.4 Å². The van der Waals surface area contributed by atoms with Crippen LogP contribution in [0.1, 0.15) is 12.5 Å². The van der Waals surface area contributed by atoms with Gasteiger partial charge < -0.3 is 4.74 Å². The van der Waals surface area contributed by atoms with Gasteiger partial charge in [0.2, 0.25) is 11.2 Å². The molecular formula is C14H11Cl2NO4P+. The largest absolute Gasteiger partial charge is 0.501 e. The molecule has 0 bridgehead atoms. The van der Waals surface area contributed by atoms with Gasteiger partial charge in [-0.05, 0) is 35.3 Å². The lowest BCUT2D eigenvalue weighted by Gasteiger charge is -2.10. The minimum atomic E-state index is -2.38. The molecule has 1 atom stereocenters. The van der Waals surface area contributed by atoms with Gasteiger partial charge in [-0.1, -0.05) is 18.5 Å². The number of halogens is 2. The fourth-order valence-electron chi connectivity index (χ4n) is 1.89. The molecule has 0 N–H and O–H groups in total. The molecule has 1 unspecified atom stereocenters. The van der Waals surface area contributed by atoms with Crippen molar-refractivity contribution in [2.24, 2.45) is 0 Å². The van der Waals surface area contributed by atoms with Crippen LogP contribution in [0.2, 0.25) is 5.02 Å². The Morgan fingerprint density at radius 3 is 2.41 bits per heavy atom. The fraction of sp³-hybridized carbons (Fsp3) is 0.143. The van der Waals surface area contributed by atoms with Crippen LogP contribution < -0.4 is 10.0 Å². The molecule has 0 aliphatic rings. The molecule has 5 nitrogen and oxygen atoms in total. The van der Waals surface area contributed by atoms with E-state index in [4.69, 9.17) is 27.6 Å². The van der Waals surface area contributed by atoms with E-state index in [0.29, 0.717) is 28.5 Å². The zero-order valence-electron chi connectivity index (χ0n) is 11.5. The van der Waals surface area contributed by atoms with Crippen LogP contribution in [-0.4, -0.2) is 4.92 Å². The summed E-state index contributed by atoms with van der Waals surface area (Å²) in [5.74, 6) is 0.901. The Bertz CT molecular complexity index is 734. The van der Waals surface area contributed by atoms with Crippen molar-refractivity contribution in [2.45, 2.75) is 13.3 Å². The summed E-state index contributed by atoms with van der Waals surface area (Å²) in [7, 11) is -2.38. The van der Waals surface area contributed by atoms with Crippen molar-refractivity contribution < 1.29 is 14.2 Å². The molecule has 0 aromatic heterocycles. The minimum absolute atomic E-state index is 0.0529. The van der Waals surface area contributed by atoms with E-state index in [1.165, 1.54) is 12.1 Å². The van der Waals surface area contributed by atoms with Crippen LogP contribution in [0, 0.1) is 10.1 Å². The standard InChI is InChI=1S/C14H11Cl2NO4P/c1-2-9-7-12(17(18)19)14(22(16)20)8-13(9)21-11-5-3-10(15)4-6-11/h3-8H,2H2,1H3/q+1. The van der Waals surface area contributed by atoms with Crippen LogP contribution in [0.25, 0.3) is 0 Å². The van der Waals surface area contributed by atoms with Crippen molar-refractivity contribution in [1.82, 2.24) is 0 Å². The van der Waals surface area contributed by atoms with E-state index in [-0.39, 0.29) is 11.0 Å². The molecule has 0 fully saturated rings. The highest BCUT2D eigenvalue weighted by Crippen LogP contribution is 2.36. The molecule has 2 aromatic carbocycles. The van der Waals surface area contributed by atoms with E-state index in [2.05, 4.69) is 0 Å². The normalized spacial score (nSPS) is 11.1. The number of benzene rings is 2. The number of nitro benzene ring substituents is 1. The van der Waals surface area contributed by atoms with E-state index in [9.17, 15) is 14.7 Å². The molecule has 0 saturated heterocycles. The van der Waals surface area contributed by atoms with Gasteiger partial charge >= 0.3 is 12.8 Å². The lowest BCUT2D eigenvalue weighted by molar-refractivity contribution is -0.383. The predicted molar refractivity (Wildman–Crippen MR) is 87.1 cm³/mol. The lowest BCUT2D eigenvalue weighted by Crippen LogP contribution is -2.07. The summed E-state index contributed by atoms with van der Waals surface area (Å²) in [6.07, 6.45) is 0.517. The molecule has 22 heavy (non-hydrogen) atoms. The van der Waals surface area contributed by atoms with E-state index in [1.807, 2.05) is 6.92 Å². The van der Waals surface area contributed by atoms with Crippen LogP contribution in [0.5, 0.6) is 11.5 Å². The van der Waals surface area contributed by atoms with Gasteiger partial charge in [-0.2, -0.15) is 0 Å². The van der Waals surface area contributed by atoms with Crippen molar-refractivity contribution in [3.8, 4) is 11.5 Å². The fourth-order valence-corrected chi connectivity index (χ4v) is 2.97. The highest BCUT2D eigenvalue weighted by atomic mass is 35.7. The summed E-state index contributed by atoms with van der Waals surface area (Å²) in [5.41, 5.74) is 0.357. The molecule has 2 aromatic rings. The van der Waals surface area contributed by atoms with Gasteiger partial charge in [-0.25, -0.2) is 0 Å². The second kappa shape index (κ2) is 7.05. The van der Waals surface area contributed by atoms with Gasteiger partial charge in [-0.15, -0.1) is 0 Å². The van der Waals surface area contributed by atoms with Crippen molar-refractivity contribution in [3.63, 3.8) is 0 Å². The van der Waals surface area contributed by atoms with Gasteiger partial charge in [0, 0.05) is 22.7 Å². The first kappa shape index (κ1) is 16.7. The van der Waals surface area contributed by atoms with Crippen molar-refractivity contribution in [1.29, 1.82) is 0 Å². The van der Waals surface area contributed by atoms with E-state index in [0.717, 1.165) is 0 Å². The summed E-state index contributed by atoms with van der Waals surface area (Å²) < 4.78 is 17.3. The van der Waals surface area contributed by atoms with Gasteiger partial charge in [-0.3, -0.25) is 10.1 Å². The highest BCUT2D eigenvalue weighted by molar-refractivity contribution is 7.80. The Morgan fingerprint density at radius 1 is 1.27 bits per heavy atom. The number of nitro groups is 1. The Labute approximate surface area is 137 Å². The molecule has 114 valence electrons. The zero-order valence-corrected chi connectivity index (χ0v) is 13.9. The van der Waals surface area contributed by atoms with Crippen LogP contribution in [0.4, 0.5) is 5.69 Å². The summed E-state index contributed by atoms with van der Waals surface area (Å²) in [6, 6.07) is 9.37. The first-order valence-corrected chi connectivity index (χ1v) is 8.84. The minimum Gasteiger partial charge on any atom is -0.457 e. The van der Waals surface area contributed by atoms with E-state index >= 15 is 0 Å². The lowest BCUT2D eigenvalue weighted by atomic mass is 10.1. The zero-order chi connectivity index (χ0) is 16.3. The van der Waals surface area contributed by atoms with E-state index < -0.39 is 12.1 Å². The number of hydrogen-bond acceptors (Lipinski definition) is 4. The number of ether oxygens (including phenoxy) is 1. The number of nitrogens with zero attached hydrogens (tertiary/aromatic N) is 1. The van der Waals surface area contributed by atoms with Crippen LogP contribution in [-0.2, 0) is 11.0 Å². The average Bonchev–Trinajstić information content (AvgIpc) is 2.48. The van der Waals surface area contributed by atoms with Crippen LogP contribution >= 0.6 is 30.0 Å². The molecule has 0 spiro atoms. The smallest absolute Gasteiger partial charge is 0.457 e. The van der Waals surface area contributed by atoms with Gasteiger partial charge in [0.15, 0.2) is 0 Å². The summed E-state index contributed by atoms with van der Waals surface area (Å²) in [5, 5.41) is 11.6. The Kier molecular flexibility index (Phi) is 5.35. The molecule has 0 aliphatic heterocycles. The summed E-state index contributed by atoms with van der Waals surface area (Å²) in [6.45, 7) is 1.84. The first-order chi connectivity index (χ1) is 10.4. The van der Waals surface area contributed by atoms with Crippen LogP contribution in [0.3, 0.4) is 0 Å². The monoisotopic (exact) mass is 358 g/mol. The van der Waals surface area contributed by atoms with E-state index in [1.54, 1.807) is 24.3 Å². The number of hydrogen-bond donors (Lipinski definition) is 0. The molecule has 0 saturated carbocycles. The molecular weight excluding hydrogens is 348 g/mol. The molecule has 0 aliphatic carbocycles.